The quantitative estimate of drug-likeness (QED) is 0.795. The van der Waals surface area contributed by atoms with Crippen LogP contribution in [0.3, 0.4) is 0 Å². The molecule has 1 atom stereocenters. The fourth-order valence-electron chi connectivity index (χ4n) is 2.71. The molecule has 2 rings (SSSR count). The molecule has 1 fully saturated rings. The molecule has 1 aliphatic rings. The number of methoxy groups -OCH3 is 1. The molecule has 2 heterocycles. The van der Waals surface area contributed by atoms with Gasteiger partial charge in [-0.2, -0.15) is 0 Å². The summed E-state index contributed by atoms with van der Waals surface area (Å²) in [5.74, 6) is 0.217. The summed E-state index contributed by atoms with van der Waals surface area (Å²) >= 11 is 6.15. The van der Waals surface area contributed by atoms with Crippen molar-refractivity contribution >= 4 is 17.6 Å². The Morgan fingerprint density at radius 2 is 2.23 bits per heavy atom. The maximum atomic E-state index is 12.0. The zero-order valence-electron chi connectivity index (χ0n) is 13.6. The van der Waals surface area contributed by atoms with Crippen LogP contribution in [0.15, 0.2) is 12.3 Å². The zero-order chi connectivity index (χ0) is 16.3. The highest BCUT2D eigenvalue weighted by molar-refractivity contribution is 6.31. The molecule has 0 amide bonds. The summed E-state index contributed by atoms with van der Waals surface area (Å²) in [5.41, 5.74) is 0.545. The Hall–Kier alpha value is -1.33. The molecule has 1 unspecified atom stereocenters. The minimum Gasteiger partial charge on any atom is -0.480 e. The van der Waals surface area contributed by atoms with Gasteiger partial charge in [0.05, 0.1) is 13.7 Å². The third-order valence-corrected chi connectivity index (χ3v) is 3.79. The third kappa shape index (κ3) is 4.34. The summed E-state index contributed by atoms with van der Waals surface area (Å²) in [7, 11) is 1.54. The Kier molecular flexibility index (Phi) is 5.29. The number of likely N-dealkylation sites (tertiary alicyclic amines) is 1. The van der Waals surface area contributed by atoms with Crippen LogP contribution in [0.5, 0.6) is 5.88 Å². The predicted molar refractivity (Wildman–Crippen MR) is 85.2 cm³/mol. The van der Waals surface area contributed by atoms with Gasteiger partial charge in [-0.15, -0.1) is 0 Å². The Labute approximate surface area is 136 Å². The molecular formula is C16H23ClN2O3. The lowest BCUT2D eigenvalue weighted by Crippen LogP contribution is -2.34. The van der Waals surface area contributed by atoms with E-state index in [1.807, 2.05) is 26.8 Å². The maximum Gasteiger partial charge on any atom is 0.320 e. The normalized spacial score (nSPS) is 19.2. The van der Waals surface area contributed by atoms with Gasteiger partial charge in [0.2, 0.25) is 5.88 Å². The van der Waals surface area contributed by atoms with Gasteiger partial charge in [-0.1, -0.05) is 11.6 Å². The van der Waals surface area contributed by atoms with Crippen LogP contribution in [0.2, 0.25) is 5.02 Å². The molecule has 0 saturated carbocycles. The topological polar surface area (TPSA) is 51.7 Å². The fraction of sp³-hybridized carbons (Fsp3) is 0.625. The molecule has 1 saturated heterocycles. The number of pyridine rings is 1. The molecule has 1 aliphatic heterocycles. The van der Waals surface area contributed by atoms with E-state index in [0.29, 0.717) is 10.9 Å². The average Bonchev–Trinajstić information content (AvgIpc) is 2.84. The average molecular weight is 327 g/mol. The Morgan fingerprint density at radius 3 is 2.82 bits per heavy atom. The smallest absolute Gasteiger partial charge is 0.320 e. The number of halogens is 1. The van der Waals surface area contributed by atoms with Crippen molar-refractivity contribution in [2.75, 3.05) is 20.2 Å². The summed E-state index contributed by atoms with van der Waals surface area (Å²) < 4.78 is 10.5. The van der Waals surface area contributed by atoms with Crippen LogP contribution in [0.25, 0.3) is 0 Å². The van der Waals surface area contributed by atoms with E-state index in [0.717, 1.165) is 24.9 Å². The molecule has 0 bridgehead atoms. The first-order valence-corrected chi connectivity index (χ1v) is 7.83. The van der Waals surface area contributed by atoms with Gasteiger partial charge in [-0.05, 0) is 51.8 Å². The van der Waals surface area contributed by atoms with Gasteiger partial charge in [0.15, 0.2) is 0 Å². The number of hydrogen-bond acceptors (Lipinski definition) is 5. The van der Waals surface area contributed by atoms with Gasteiger partial charge in [-0.3, -0.25) is 9.69 Å². The van der Waals surface area contributed by atoms with Crippen molar-refractivity contribution in [1.82, 2.24) is 9.88 Å². The van der Waals surface area contributed by atoms with Gasteiger partial charge in [0.1, 0.15) is 10.6 Å². The number of esters is 1. The van der Waals surface area contributed by atoms with Crippen LogP contribution >= 0.6 is 11.6 Å². The monoisotopic (exact) mass is 326 g/mol. The predicted octanol–water partition coefficient (Wildman–Crippen LogP) is 3.22. The maximum absolute atomic E-state index is 12.0. The van der Waals surface area contributed by atoms with E-state index < -0.39 is 5.60 Å². The lowest BCUT2D eigenvalue weighted by molar-refractivity contribution is -0.156. The highest BCUT2D eigenvalue weighted by atomic mass is 35.5. The fourth-order valence-corrected chi connectivity index (χ4v) is 2.96. The van der Waals surface area contributed by atoms with Crippen molar-refractivity contribution < 1.29 is 14.3 Å². The van der Waals surface area contributed by atoms with Crippen molar-refractivity contribution in [2.24, 2.45) is 0 Å². The molecule has 0 N–H and O–H groups in total. The van der Waals surface area contributed by atoms with Crippen LogP contribution in [-0.4, -0.2) is 41.7 Å². The second-order valence-electron chi connectivity index (χ2n) is 6.47. The summed E-state index contributed by atoms with van der Waals surface area (Å²) in [6.07, 6.45) is 3.78. The van der Waals surface area contributed by atoms with Gasteiger partial charge in [0, 0.05) is 12.2 Å². The largest absolute Gasteiger partial charge is 0.480 e. The van der Waals surface area contributed by atoms with E-state index >= 15 is 0 Å². The summed E-state index contributed by atoms with van der Waals surface area (Å²) in [6.45, 7) is 6.78. The summed E-state index contributed by atoms with van der Waals surface area (Å²) in [4.78, 5) is 18.4. The number of hydrogen-bond donors (Lipinski definition) is 0. The molecule has 22 heavy (non-hydrogen) atoms. The van der Waals surface area contributed by atoms with Crippen LogP contribution in [-0.2, 0) is 9.53 Å². The van der Waals surface area contributed by atoms with Gasteiger partial charge >= 0.3 is 5.97 Å². The Bertz CT molecular complexity index is 543. The van der Waals surface area contributed by atoms with Crippen LogP contribution in [0.4, 0.5) is 0 Å². The molecule has 0 aromatic carbocycles. The summed E-state index contributed by atoms with van der Waals surface area (Å²) in [6, 6.07) is 2.01. The van der Waals surface area contributed by atoms with E-state index in [1.54, 1.807) is 6.20 Å². The van der Waals surface area contributed by atoms with Crippen molar-refractivity contribution in [3.8, 4) is 5.88 Å². The molecule has 1 aromatic heterocycles. The molecule has 1 aromatic rings. The van der Waals surface area contributed by atoms with Crippen molar-refractivity contribution in [1.29, 1.82) is 0 Å². The van der Waals surface area contributed by atoms with E-state index in [2.05, 4.69) is 9.88 Å². The minimum atomic E-state index is -0.461. The second-order valence-corrected chi connectivity index (χ2v) is 6.88. The van der Waals surface area contributed by atoms with Crippen LogP contribution in [0, 0.1) is 0 Å². The first kappa shape index (κ1) is 17.0. The van der Waals surface area contributed by atoms with Crippen molar-refractivity contribution in [2.45, 2.75) is 45.3 Å². The molecule has 0 spiro atoms. The number of carbonyl (C=O) groups is 1. The lowest BCUT2D eigenvalue weighted by Gasteiger charge is -2.26. The number of carbonyl (C=O) groups excluding carboxylic acids is 1. The third-order valence-electron chi connectivity index (χ3n) is 3.52. The summed E-state index contributed by atoms with van der Waals surface area (Å²) in [5, 5.41) is 0.490. The molecule has 6 heteroatoms. The molecule has 5 nitrogen and oxygen atoms in total. The SMILES string of the molecule is COc1ncc(C2CCCN2CC(=O)OC(C)(C)C)cc1Cl. The van der Waals surface area contributed by atoms with Crippen LogP contribution < -0.4 is 4.74 Å². The molecule has 0 radical (unpaired) electrons. The first-order chi connectivity index (χ1) is 10.3. The lowest BCUT2D eigenvalue weighted by atomic mass is 10.1. The van der Waals surface area contributed by atoms with Gasteiger partial charge in [0.25, 0.3) is 0 Å². The number of ether oxygens (including phenoxy) is 2. The van der Waals surface area contributed by atoms with Gasteiger partial charge < -0.3 is 9.47 Å². The van der Waals surface area contributed by atoms with Crippen LogP contribution in [0.1, 0.15) is 45.2 Å². The van der Waals surface area contributed by atoms with Gasteiger partial charge in [-0.25, -0.2) is 4.98 Å². The van der Waals surface area contributed by atoms with E-state index in [1.165, 1.54) is 7.11 Å². The molecule has 0 aliphatic carbocycles. The Balaban J connectivity index is 2.07. The molecular weight excluding hydrogens is 304 g/mol. The highest BCUT2D eigenvalue weighted by Crippen LogP contribution is 2.34. The zero-order valence-corrected chi connectivity index (χ0v) is 14.3. The Morgan fingerprint density at radius 1 is 1.50 bits per heavy atom. The minimum absolute atomic E-state index is 0.142. The number of aromatic nitrogens is 1. The highest BCUT2D eigenvalue weighted by Gasteiger charge is 2.30. The number of rotatable bonds is 4. The van der Waals surface area contributed by atoms with E-state index in [9.17, 15) is 4.79 Å². The second kappa shape index (κ2) is 6.84. The molecule has 122 valence electrons. The van der Waals surface area contributed by atoms with E-state index in [4.69, 9.17) is 21.1 Å². The first-order valence-electron chi connectivity index (χ1n) is 7.45. The number of nitrogens with zero attached hydrogens (tertiary/aromatic N) is 2. The van der Waals surface area contributed by atoms with E-state index in [-0.39, 0.29) is 18.6 Å². The van der Waals surface area contributed by atoms with Crippen molar-refractivity contribution in [3.05, 3.63) is 22.8 Å². The standard InChI is InChI=1S/C16H23ClN2O3/c1-16(2,3)22-14(20)10-19-7-5-6-13(19)11-8-12(17)15(21-4)18-9-11/h8-9,13H,5-7,10H2,1-4H3. The van der Waals surface area contributed by atoms with Crippen molar-refractivity contribution in [3.63, 3.8) is 0 Å².